The van der Waals surface area contributed by atoms with E-state index < -0.39 is 24.2 Å². The Morgan fingerprint density at radius 3 is 1.31 bits per heavy atom. The number of carboxylic acid groups (broad SMARTS) is 1. The smallest absolute Gasteiger partial charge is 0.475 e. The van der Waals surface area contributed by atoms with E-state index in [-0.39, 0.29) is 38.4 Å². The summed E-state index contributed by atoms with van der Waals surface area (Å²) in [5, 5.41) is 13.0. The fraction of sp³-hybridized carbons (Fsp3) is 0.881. The molecule has 3 N–H and O–H groups in total. The number of hydrogen-bond donors (Lipinski definition) is 3. The summed E-state index contributed by atoms with van der Waals surface area (Å²) in [6.45, 7) is 13.6. The zero-order valence-corrected chi connectivity index (χ0v) is 48.8. The van der Waals surface area contributed by atoms with Crippen LogP contribution >= 0.6 is 0 Å². The Balaban J connectivity index is 0. The van der Waals surface area contributed by atoms with Gasteiger partial charge in [0.2, 0.25) is 0 Å². The molecule has 0 saturated carbocycles. The molecule has 0 amide bonds. The number of carbonyl (C=O) groups excluding carboxylic acids is 2. The van der Waals surface area contributed by atoms with Gasteiger partial charge in [-0.3, -0.25) is 9.59 Å². The third-order valence-electron chi connectivity index (χ3n) is 12.2. The number of halogens is 3. The molecule has 0 aliphatic heterocycles. The summed E-state index contributed by atoms with van der Waals surface area (Å²) in [5.41, 5.74) is 0. The van der Waals surface area contributed by atoms with Crippen LogP contribution in [0.2, 0.25) is 0 Å². The fourth-order valence-electron chi connectivity index (χ4n) is 7.55. The predicted molar refractivity (Wildman–Crippen MR) is 301 cm³/mol. The van der Waals surface area contributed by atoms with E-state index in [0.29, 0.717) is 72.6 Å². The van der Waals surface area contributed by atoms with E-state index in [2.05, 4.69) is 48.8 Å². The lowest BCUT2D eigenvalue weighted by molar-refractivity contribution is -0.192. The molecule has 0 aliphatic carbocycles. The molecule has 15 nitrogen and oxygen atoms in total. The van der Waals surface area contributed by atoms with Crippen molar-refractivity contribution in [3.63, 3.8) is 0 Å². The largest absolute Gasteiger partial charge is 0.490 e. The summed E-state index contributed by atoms with van der Waals surface area (Å²) >= 11 is 0. The van der Waals surface area contributed by atoms with Gasteiger partial charge >= 0.3 is 24.1 Å². The van der Waals surface area contributed by atoms with Crippen LogP contribution in [0.15, 0.2) is 24.3 Å². The molecule has 2 atom stereocenters. The predicted octanol–water partition coefficient (Wildman–Crippen LogP) is 12.5. The van der Waals surface area contributed by atoms with Crippen molar-refractivity contribution >= 4 is 17.9 Å². The summed E-state index contributed by atoms with van der Waals surface area (Å²) in [4.78, 5) is 32.7. The van der Waals surface area contributed by atoms with Crippen LogP contribution in [0, 0.1) is 0 Å². The zero-order valence-electron chi connectivity index (χ0n) is 48.8. The van der Waals surface area contributed by atoms with E-state index in [0.717, 1.165) is 26.1 Å². The summed E-state index contributed by atoms with van der Waals surface area (Å²) < 4.78 is 82.1. The van der Waals surface area contributed by atoms with Crippen molar-refractivity contribution in [1.29, 1.82) is 0 Å². The summed E-state index contributed by atoms with van der Waals surface area (Å²) in [6, 6.07) is -0.427. The van der Waals surface area contributed by atoms with Gasteiger partial charge in [0.15, 0.2) is 0 Å². The lowest BCUT2D eigenvalue weighted by Gasteiger charge is -2.18. The second kappa shape index (κ2) is 62.5. The molecule has 0 aromatic rings. The maximum atomic E-state index is 11.9. The molecule has 0 aliphatic rings. The van der Waals surface area contributed by atoms with Gasteiger partial charge in [-0.2, -0.15) is 13.2 Å². The van der Waals surface area contributed by atoms with E-state index in [1.165, 1.54) is 167 Å². The Hall–Kier alpha value is -2.68. The minimum absolute atomic E-state index is 0.0206. The van der Waals surface area contributed by atoms with Crippen LogP contribution in [-0.4, -0.2) is 161 Å². The molecule has 0 fully saturated rings. The van der Waals surface area contributed by atoms with Gasteiger partial charge in [-0.15, -0.1) is 0 Å². The second-order valence-electron chi connectivity index (χ2n) is 19.4. The average molecular weight is 1110 g/mol. The summed E-state index contributed by atoms with van der Waals surface area (Å²) in [6.07, 6.45) is 40.8. The number of alkyl halides is 3. The Kier molecular flexibility index (Phi) is 62.0. The second-order valence-corrected chi connectivity index (χ2v) is 19.4. The number of carboxylic acids is 1. The first-order valence-electron chi connectivity index (χ1n) is 29.8. The first-order valence-corrected chi connectivity index (χ1v) is 29.8. The quantitative estimate of drug-likeness (QED) is 0.0297. The van der Waals surface area contributed by atoms with Crippen molar-refractivity contribution in [2.24, 2.45) is 0 Å². The third kappa shape index (κ3) is 64.0. The lowest BCUT2D eigenvalue weighted by Crippen LogP contribution is -2.38. The van der Waals surface area contributed by atoms with E-state index in [4.69, 9.17) is 52.5 Å². The van der Waals surface area contributed by atoms with E-state index >= 15 is 0 Å². The number of hydrogen-bond acceptors (Lipinski definition) is 14. The highest BCUT2D eigenvalue weighted by Gasteiger charge is 2.38. The van der Waals surface area contributed by atoms with Gasteiger partial charge < -0.3 is 58.4 Å². The molecule has 0 bridgehead atoms. The molecular weight excluding hydrogens is 1000 g/mol. The van der Waals surface area contributed by atoms with Gasteiger partial charge in [0, 0.05) is 33.4 Å². The molecule has 0 saturated heterocycles. The van der Waals surface area contributed by atoms with Crippen molar-refractivity contribution in [2.45, 2.75) is 219 Å². The first kappa shape index (κ1) is 76.4. The van der Waals surface area contributed by atoms with Gasteiger partial charge in [0.1, 0.15) is 25.4 Å². The first-order chi connectivity index (χ1) is 37.5. The Morgan fingerprint density at radius 1 is 0.481 bits per heavy atom. The van der Waals surface area contributed by atoms with Crippen molar-refractivity contribution in [3.05, 3.63) is 24.3 Å². The molecule has 0 spiro atoms. The van der Waals surface area contributed by atoms with Crippen LogP contribution < -0.4 is 10.6 Å². The number of esters is 2. The Morgan fingerprint density at radius 2 is 0.870 bits per heavy atom. The maximum Gasteiger partial charge on any atom is 0.490 e. The minimum Gasteiger partial charge on any atom is -0.475 e. The van der Waals surface area contributed by atoms with Crippen molar-refractivity contribution in [1.82, 2.24) is 10.6 Å². The molecule has 0 aromatic carbocycles. The van der Waals surface area contributed by atoms with Crippen molar-refractivity contribution in [2.75, 3.05) is 119 Å². The zero-order chi connectivity index (χ0) is 56.8. The topological polar surface area (TPSA) is 179 Å². The summed E-state index contributed by atoms with van der Waals surface area (Å²) in [5.74, 6) is -3.51. The highest BCUT2D eigenvalue weighted by molar-refractivity contribution is 5.75. The molecule has 456 valence electrons. The Bertz CT molecular complexity index is 1320. The molecular formula is C59H111F3N2O13. The highest BCUT2D eigenvalue weighted by Crippen LogP contribution is 2.14. The van der Waals surface area contributed by atoms with Crippen molar-refractivity contribution < 1.29 is 75.3 Å². The number of rotatable bonds is 59. The van der Waals surface area contributed by atoms with Gasteiger partial charge in [-0.25, -0.2) is 4.79 Å². The van der Waals surface area contributed by atoms with E-state index in [1.807, 2.05) is 0 Å². The SMILES string of the molecule is CCCCCCCC/C=C\CCCCCCCCOCC(COCCOCCOCCOCCOC(=O)CNCCOC(=O)C(C)NCCOC)OCCCCCCCC/C=C\CCCCCCCC.O=C(O)C(F)(F)F. The number of carbonyl (C=O) groups is 3. The van der Waals surface area contributed by atoms with Crippen LogP contribution in [0.3, 0.4) is 0 Å². The van der Waals surface area contributed by atoms with Crippen LogP contribution in [0.4, 0.5) is 13.2 Å². The van der Waals surface area contributed by atoms with Crippen molar-refractivity contribution in [3.8, 4) is 0 Å². The number of methoxy groups -OCH3 is 1. The highest BCUT2D eigenvalue weighted by atomic mass is 19.4. The molecule has 77 heavy (non-hydrogen) atoms. The van der Waals surface area contributed by atoms with Gasteiger partial charge in [0.25, 0.3) is 0 Å². The third-order valence-corrected chi connectivity index (χ3v) is 12.2. The number of aliphatic carboxylic acids is 1. The normalized spacial score (nSPS) is 12.6. The molecule has 0 radical (unpaired) electrons. The molecule has 2 unspecified atom stereocenters. The number of unbranched alkanes of at least 4 members (excludes halogenated alkanes) is 24. The monoisotopic (exact) mass is 1110 g/mol. The number of ether oxygens (including phenoxy) is 9. The molecule has 0 aromatic heterocycles. The van der Waals surface area contributed by atoms with Gasteiger partial charge in [-0.1, -0.05) is 154 Å². The molecule has 18 heteroatoms. The Labute approximate surface area is 464 Å². The average Bonchev–Trinajstić information content (AvgIpc) is 3.40. The maximum absolute atomic E-state index is 11.9. The van der Waals surface area contributed by atoms with Crippen LogP contribution in [0.5, 0.6) is 0 Å². The van der Waals surface area contributed by atoms with Crippen LogP contribution in [0.25, 0.3) is 0 Å². The molecule has 0 heterocycles. The van der Waals surface area contributed by atoms with Crippen LogP contribution in [-0.2, 0) is 57.0 Å². The number of allylic oxidation sites excluding steroid dienone is 4. The standard InChI is InChI=1S/C57H110N2O11.C2HF3O2/c1-5-7-9-11-13-15-17-19-21-23-25-27-29-31-33-35-39-66-52-55(68-40-36-34-32-30-28-26-24-22-20-18-16-14-12-10-8-6-2)53-67-48-47-64-44-43-63-45-46-65-49-50-69-56(60)51-58-37-42-70-57(61)54(3)59-38-41-62-4;3-2(4,5)1(6)7/h19-22,54-55,58-59H,5-18,23-53H2,1-4H3;(H,6,7)/b21-19-,22-20-;. The molecule has 0 rings (SSSR count). The lowest BCUT2D eigenvalue weighted by atomic mass is 10.1. The van der Waals surface area contributed by atoms with Crippen LogP contribution in [0.1, 0.15) is 201 Å². The summed E-state index contributed by atoms with van der Waals surface area (Å²) in [7, 11) is 1.60. The van der Waals surface area contributed by atoms with Gasteiger partial charge in [0.05, 0.1) is 72.6 Å². The minimum atomic E-state index is -5.08. The van der Waals surface area contributed by atoms with E-state index in [1.54, 1.807) is 14.0 Å². The fourth-order valence-corrected chi connectivity index (χ4v) is 7.55. The van der Waals surface area contributed by atoms with E-state index in [9.17, 15) is 22.8 Å². The van der Waals surface area contributed by atoms with Gasteiger partial charge in [-0.05, 0) is 71.1 Å². The number of nitrogens with one attached hydrogen (secondary N) is 2.